The molecular weight excluding hydrogens is 290 g/mol. The third-order valence-corrected chi connectivity index (χ3v) is 3.78. The first-order valence-corrected chi connectivity index (χ1v) is 6.91. The van der Waals surface area contributed by atoms with Crippen LogP contribution in [0.2, 0.25) is 0 Å². The lowest BCUT2D eigenvalue weighted by molar-refractivity contribution is 0.609. The van der Waals surface area contributed by atoms with Crippen molar-refractivity contribution in [1.29, 1.82) is 0 Å². The van der Waals surface area contributed by atoms with Crippen molar-refractivity contribution in [3.63, 3.8) is 0 Å². The van der Waals surface area contributed by atoms with Crippen LogP contribution in [0.1, 0.15) is 17.5 Å². The van der Waals surface area contributed by atoms with Crippen molar-refractivity contribution in [2.45, 2.75) is 25.3 Å². The van der Waals surface area contributed by atoms with Crippen molar-refractivity contribution in [3.8, 4) is 0 Å². The van der Waals surface area contributed by atoms with E-state index >= 15 is 0 Å². The van der Waals surface area contributed by atoms with Crippen LogP contribution in [0, 0.1) is 0 Å². The van der Waals surface area contributed by atoms with Crippen LogP contribution in [-0.4, -0.2) is 15.8 Å². The first-order chi connectivity index (χ1) is 8.65. The topological polar surface area (TPSA) is 43.8 Å². The molecule has 0 amide bonds. The molecule has 1 heterocycles. The molecular formula is C14H18BrN3. The van der Waals surface area contributed by atoms with E-state index in [4.69, 9.17) is 5.73 Å². The van der Waals surface area contributed by atoms with Crippen molar-refractivity contribution in [3.05, 3.63) is 52.3 Å². The molecule has 18 heavy (non-hydrogen) atoms. The van der Waals surface area contributed by atoms with Gasteiger partial charge in [-0.25, -0.2) is 0 Å². The number of halogens is 1. The fourth-order valence-electron chi connectivity index (χ4n) is 2.00. The van der Waals surface area contributed by atoms with E-state index in [0.717, 1.165) is 23.7 Å². The molecule has 0 aliphatic carbocycles. The molecule has 1 aromatic heterocycles. The molecule has 2 rings (SSSR count). The highest BCUT2D eigenvalue weighted by Crippen LogP contribution is 2.18. The second-order valence-corrected chi connectivity index (χ2v) is 5.47. The predicted octanol–water partition coefficient (Wildman–Crippen LogP) is 2.69. The lowest BCUT2D eigenvalue weighted by Crippen LogP contribution is -2.23. The summed E-state index contributed by atoms with van der Waals surface area (Å²) in [4.78, 5) is 0. The van der Waals surface area contributed by atoms with Crippen molar-refractivity contribution in [2.75, 3.05) is 0 Å². The predicted molar refractivity (Wildman–Crippen MR) is 77.4 cm³/mol. The fraction of sp³-hybridized carbons (Fsp3) is 0.357. The zero-order valence-electron chi connectivity index (χ0n) is 10.5. The lowest BCUT2D eigenvalue weighted by Gasteiger charge is -2.12. The summed E-state index contributed by atoms with van der Waals surface area (Å²) < 4.78 is 2.97. The Kier molecular flexibility index (Phi) is 4.55. The minimum atomic E-state index is 0.184. The van der Waals surface area contributed by atoms with Crippen LogP contribution in [-0.2, 0) is 19.9 Å². The van der Waals surface area contributed by atoms with Gasteiger partial charge in [0.1, 0.15) is 0 Å². The maximum absolute atomic E-state index is 6.18. The smallest absolute Gasteiger partial charge is 0.0521 e. The Hall–Kier alpha value is -1.13. The van der Waals surface area contributed by atoms with Gasteiger partial charge in [0, 0.05) is 23.8 Å². The summed E-state index contributed by atoms with van der Waals surface area (Å²) in [5.41, 5.74) is 8.71. The second-order valence-electron chi connectivity index (χ2n) is 4.62. The van der Waals surface area contributed by atoms with Gasteiger partial charge in [0.2, 0.25) is 0 Å². The zero-order chi connectivity index (χ0) is 13.0. The van der Waals surface area contributed by atoms with Crippen LogP contribution in [0.15, 0.2) is 41.1 Å². The molecule has 2 N–H and O–H groups in total. The number of hydrogen-bond donors (Lipinski definition) is 1. The quantitative estimate of drug-likeness (QED) is 0.923. The van der Waals surface area contributed by atoms with Gasteiger partial charge < -0.3 is 5.73 Å². The fourth-order valence-corrected chi connectivity index (χ4v) is 2.45. The van der Waals surface area contributed by atoms with Gasteiger partial charge in [-0.1, -0.05) is 34.1 Å². The minimum Gasteiger partial charge on any atom is -0.327 e. The van der Waals surface area contributed by atoms with Crippen molar-refractivity contribution < 1.29 is 0 Å². The maximum Gasteiger partial charge on any atom is 0.0521 e. The molecule has 1 aromatic carbocycles. The van der Waals surface area contributed by atoms with Gasteiger partial charge in [0.15, 0.2) is 0 Å². The molecule has 0 radical (unpaired) electrons. The summed E-state index contributed by atoms with van der Waals surface area (Å²) in [5.74, 6) is 0. The number of benzene rings is 1. The van der Waals surface area contributed by atoms with Crippen LogP contribution in [0.25, 0.3) is 0 Å². The van der Waals surface area contributed by atoms with Gasteiger partial charge in [-0.05, 0) is 36.5 Å². The first-order valence-electron chi connectivity index (χ1n) is 6.11. The largest absolute Gasteiger partial charge is 0.327 e. The molecule has 4 heteroatoms. The summed E-state index contributed by atoms with van der Waals surface area (Å²) in [7, 11) is 1.94. The summed E-state index contributed by atoms with van der Waals surface area (Å²) in [6, 6.07) is 8.43. The number of hydrogen-bond acceptors (Lipinski definition) is 2. The Morgan fingerprint density at radius 3 is 2.83 bits per heavy atom. The molecule has 0 saturated heterocycles. The minimum absolute atomic E-state index is 0.184. The number of rotatable bonds is 5. The summed E-state index contributed by atoms with van der Waals surface area (Å²) >= 11 is 3.56. The number of nitrogens with zero attached hydrogens (tertiary/aromatic N) is 2. The molecule has 0 spiro atoms. The highest BCUT2D eigenvalue weighted by atomic mass is 79.9. The number of aromatic nitrogens is 2. The van der Waals surface area contributed by atoms with E-state index < -0.39 is 0 Å². The Morgan fingerprint density at radius 1 is 1.39 bits per heavy atom. The molecule has 0 aliphatic heterocycles. The van der Waals surface area contributed by atoms with Crippen LogP contribution in [0.4, 0.5) is 0 Å². The molecule has 3 nitrogen and oxygen atoms in total. The van der Waals surface area contributed by atoms with Crippen LogP contribution in [0.5, 0.6) is 0 Å². The van der Waals surface area contributed by atoms with Gasteiger partial charge >= 0.3 is 0 Å². The van der Waals surface area contributed by atoms with E-state index in [1.54, 1.807) is 0 Å². The van der Waals surface area contributed by atoms with E-state index in [2.05, 4.69) is 33.2 Å². The third kappa shape index (κ3) is 3.68. The van der Waals surface area contributed by atoms with Gasteiger partial charge in [-0.2, -0.15) is 5.10 Å². The summed E-state index contributed by atoms with van der Waals surface area (Å²) in [6.07, 6.45) is 6.82. The van der Waals surface area contributed by atoms with Crippen molar-refractivity contribution in [2.24, 2.45) is 12.8 Å². The molecule has 0 saturated carbocycles. The Balaban J connectivity index is 1.85. The van der Waals surface area contributed by atoms with E-state index in [1.165, 1.54) is 11.1 Å². The van der Waals surface area contributed by atoms with E-state index in [1.807, 2.05) is 36.3 Å². The Bertz CT molecular complexity index is 507. The van der Waals surface area contributed by atoms with Gasteiger partial charge in [-0.3, -0.25) is 4.68 Å². The van der Waals surface area contributed by atoms with Crippen LogP contribution >= 0.6 is 15.9 Å². The van der Waals surface area contributed by atoms with Gasteiger partial charge in [0.05, 0.1) is 6.20 Å². The summed E-state index contributed by atoms with van der Waals surface area (Å²) in [6.45, 7) is 0. The molecule has 0 fully saturated rings. The average molecular weight is 308 g/mol. The highest BCUT2D eigenvalue weighted by Gasteiger charge is 2.07. The second kappa shape index (κ2) is 6.16. The molecule has 0 bridgehead atoms. The molecule has 1 unspecified atom stereocenters. The Morgan fingerprint density at radius 2 is 2.17 bits per heavy atom. The normalized spacial score (nSPS) is 12.6. The van der Waals surface area contributed by atoms with E-state index in [-0.39, 0.29) is 6.04 Å². The molecule has 1 atom stereocenters. The average Bonchev–Trinajstić information content (AvgIpc) is 2.76. The Labute approximate surface area is 116 Å². The summed E-state index contributed by atoms with van der Waals surface area (Å²) in [5, 5.41) is 4.16. The zero-order valence-corrected chi connectivity index (χ0v) is 12.1. The molecule has 96 valence electrons. The van der Waals surface area contributed by atoms with Crippen LogP contribution < -0.4 is 5.73 Å². The van der Waals surface area contributed by atoms with Crippen LogP contribution in [0.3, 0.4) is 0 Å². The molecule has 0 aliphatic rings. The van der Waals surface area contributed by atoms with E-state index in [9.17, 15) is 0 Å². The monoisotopic (exact) mass is 307 g/mol. The van der Waals surface area contributed by atoms with E-state index in [0.29, 0.717) is 0 Å². The highest BCUT2D eigenvalue weighted by molar-refractivity contribution is 9.10. The SMILES string of the molecule is Cn1cc(CCC(N)Cc2ccccc2Br)cn1. The number of nitrogens with two attached hydrogens (primary N) is 1. The molecule has 2 aromatic rings. The standard InChI is InChI=1S/C14H18BrN3/c1-18-10-11(9-17-18)6-7-13(16)8-12-4-2-3-5-14(12)15/h2-5,9-10,13H,6-8,16H2,1H3. The lowest BCUT2D eigenvalue weighted by atomic mass is 10.0. The van der Waals surface area contributed by atoms with Gasteiger partial charge in [0.25, 0.3) is 0 Å². The third-order valence-electron chi connectivity index (χ3n) is 3.00. The van der Waals surface area contributed by atoms with Crippen molar-refractivity contribution >= 4 is 15.9 Å². The van der Waals surface area contributed by atoms with Crippen molar-refractivity contribution in [1.82, 2.24) is 9.78 Å². The van der Waals surface area contributed by atoms with Gasteiger partial charge in [-0.15, -0.1) is 0 Å². The maximum atomic E-state index is 6.18. The first kappa shape index (κ1) is 13.3. The number of aryl methyl sites for hydroxylation is 2.